The minimum Gasteiger partial charge on any atom is -0.366 e. The minimum absolute atomic E-state index is 0.453. The van der Waals surface area contributed by atoms with Crippen LogP contribution >= 0.6 is 0 Å². The van der Waals surface area contributed by atoms with Crippen molar-refractivity contribution in [1.82, 2.24) is 20.0 Å². The first kappa shape index (κ1) is 8.78. The van der Waals surface area contributed by atoms with E-state index in [1.807, 2.05) is 6.07 Å². The van der Waals surface area contributed by atoms with Gasteiger partial charge in [-0.15, -0.1) is 9.73 Å². The summed E-state index contributed by atoms with van der Waals surface area (Å²) in [5.41, 5.74) is 6.50. The number of rotatable bonds is 1. The number of carbonyl (C=O) groups excluding carboxylic acids is 1. The zero-order chi connectivity index (χ0) is 11.1. The van der Waals surface area contributed by atoms with E-state index in [4.69, 9.17) is 5.73 Å². The highest BCUT2D eigenvalue weighted by molar-refractivity contribution is 6.09. The van der Waals surface area contributed by atoms with E-state index < -0.39 is 5.91 Å². The highest BCUT2D eigenvalue weighted by Gasteiger charge is 2.09. The van der Waals surface area contributed by atoms with Crippen molar-refractivity contribution in [3.8, 4) is 0 Å². The Kier molecular flexibility index (Phi) is 1.64. The van der Waals surface area contributed by atoms with Crippen LogP contribution in [0.15, 0.2) is 30.6 Å². The van der Waals surface area contributed by atoms with Crippen molar-refractivity contribution < 1.29 is 4.79 Å². The van der Waals surface area contributed by atoms with Gasteiger partial charge in [0.1, 0.15) is 5.52 Å². The summed E-state index contributed by atoms with van der Waals surface area (Å²) in [4.78, 5) is 11.2. The van der Waals surface area contributed by atoms with Crippen molar-refractivity contribution in [3.05, 3.63) is 36.2 Å². The molecule has 0 atom stereocenters. The lowest BCUT2D eigenvalue weighted by Gasteiger charge is -2.02. The number of benzene rings is 1. The van der Waals surface area contributed by atoms with Crippen LogP contribution in [-0.2, 0) is 0 Å². The first-order chi connectivity index (χ1) is 7.77. The van der Waals surface area contributed by atoms with E-state index in [1.54, 1.807) is 24.5 Å². The molecule has 0 spiro atoms. The number of amides is 1. The summed E-state index contributed by atoms with van der Waals surface area (Å²) < 4.78 is 1.41. The van der Waals surface area contributed by atoms with Crippen molar-refractivity contribution in [1.29, 1.82) is 0 Å². The normalized spacial score (nSPS) is 11.0. The Morgan fingerprint density at radius 1 is 1.25 bits per heavy atom. The second-order valence-electron chi connectivity index (χ2n) is 3.38. The fourth-order valence-corrected chi connectivity index (χ4v) is 1.75. The van der Waals surface area contributed by atoms with Crippen molar-refractivity contribution >= 4 is 22.2 Å². The van der Waals surface area contributed by atoms with E-state index in [0.29, 0.717) is 10.9 Å². The molecule has 0 aliphatic heterocycles. The third kappa shape index (κ3) is 1.07. The quantitative estimate of drug-likeness (QED) is 0.633. The van der Waals surface area contributed by atoms with E-state index in [9.17, 15) is 4.79 Å². The van der Waals surface area contributed by atoms with Gasteiger partial charge < -0.3 is 5.73 Å². The first-order valence-corrected chi connectivity index (χ1v) is 4.65. The van der Waals surface area contributed by atoms with Crippen LogP contribution in [0.3, 0.4) is 0 Å². The smallest absolute Gasteiger partial charge is 0.249 e. The molecule has 3 aromatic rings. The first-order valence-electron chi connectivity index (χ1n) is 4.65. The topological polar surface area (TPSA) is 86.2 Å². The van der Waals surface area contributed by atoms with E-state index in [-0.39, 0.29) is 0 Å². The Morgan fingerprint density at radius 3 is 2.94 bits per heavy atom. The van der Waals surface area contributed by atoms with E-state index >= 15 is 0 Å². The van der Waals surface area contributed by atoms with Crippen LogP contribution in [0.5, 0.6) is 0 Å². The van der Waals surface area contributed by atoms with Crippen LogP contribution in [0.2, 0.25) is 0 Å². The van der Waals surface area contributed by atoms with Gasteiger partial charge >= 0.3 is 0 Å². The summed E-state index contributed by atoms with van der Waals surface area (Å²) in [5, 5.41) is 13.2. The van der Waals surface area contributed by atoms with Crippen molar-refractivity contribution in [3.63, 3.8) is 0 Å². The number of nitrogens with zero attached hydrogens (tertiary/aromatic N) is 4. The molecular weight excluding hydrogens is 206 g/mol. The molecule has 0 bridgehead atoms. The molecule has 1 amide bonds. The molecule has 6 heteroatoms. The molecule has 1 aromatic carbocycles. The van der Waals surface area contributed by atoms with Crippen LogP contribution in [0.4, 0.5) is 0 Å². The van der Waals surface area contributed by atoms with Gasteiger partial charge in [-0.05, 0) is 11.3 Å². The lowest BCUT2D eigenvalue weighted by Crippen LogP contribution is -2.11. The largest absolute Gasteiger partial charge is 0.366 e. The Bertz CT molecular complexity index is 703. The predicted octanol–water partition coefficient (Wildman–Crippen LogP) is 0.376. The average Bonchev–Trinajstić information content (AvgIpc) is 2.76. The second kappa shape index (κ2) is 2.99. The van der Waals surface area contributed by atoms with Gasteiger partial charge in [-0.2, -0.15) is 5.10 Å². The zero-order valence-corrected chi connectivity index (χ0v) is 8.16. The Balaban J connectivity index is 2.53. The SMILES string of the molecule is NC(=O)c1cccc2c1cnn1nncc21. The maximum Gasteiger partial charge on any atom is 0.249 e. The molecule has 0 aliphatic rings. The lowest BCUT2D eigenvalue weighted by atomic mass is 10.1. The van der Waals surface area contributed by atoms with Gasteiger partial charge in [-0.25, -0.2) is 0 Å². The summed E-state index contributed by atoms with van der Waals surface area (Å²) in [6.45, 7) is 0. The summed E-state index contributed by atoms with van der Waals surface area (Å²) in [5.74, 6) is -0.468. The summed E-state index contributed by atoms with van der Waals surface area (Å²) in [6.07, 6.45) is 3.16. The fraction of sp³-hybridized carbons (Fsp3) is 0. The molecule has 6 nitrogen and oxygen atoms in total. The number of aromatic nitrogens is 4. The number of nitrogens with two attached hydrogens (primary N) is 1. The summed E-state index contributed by atoms with van der Waals surface area (Å²) in [7, 11) is 0. The molecule has 0 unspecified atom stereocenters. The fourth-order valence-electron chi connectivity index (χ4n) is 1.75. The Hall–Kier alpha value is -2.50. The van der Waals surface area contributed by atoms with Gasteiger partial charge in [0, 0.05) is 16.3 Å². The van der Waals surface area contributed by atoms with E-state index in [2.05, 4.69) is 15.4 Å². The molecule has 2 heterocycles. The van der Waals surface area contributed by atoms with E-state index in [0.717, 1.165) is 10.9 Å². The van der Waals surface area contributed by atoms with Crippen LogP contribution in [0.25, 0.3) is 16.3 Å². The Morgan fingerprint density at radius 2 is 2.12 bits per heavy atom. The van der Waals surface area contributed by atoms with Gasteiger partial charge in [0.05, 0.1) is 12.4 Å². The predicted molar refractivity (Wildman–Crippen MR) is 56.8 cm³/mol. The number of hydrogen-bond donors (Lipinski definition) is 1. The van der Waals surface area contributed by atoms with Crippen LogP contribution in [0, 0.1) is 0 Å². The summed E-state index contributed by atoms with van der Waals surface area (Å²) >= 11 is 0. The maximum absolute atomic E-state index is 11.2. The van der Waals surface area contributed by atoms with Crippen molar-refractivity contribution in [2.75, 3.05) is 0 Å². The van der Waals surface area contributed by atoms with Gasteiger partial charge in [0.2, 0.25) is 5.91 Å². The molecule has 2 aromatic heterocycles. The maximum atomic E-state index is 11.2. The van der Waals surface area contributed by atoms with Gasteiger partial charge in [-0.3, -0.25) is 4.79 Å². The monoisotopic (exact) mass is 213 g/mol. The Labute approximate surface area is 89.7 Å². The third-order valence-corrected chi connectivity index (χ3v) is 2.48. The molecule has 2 N–H and O–H groups in total. The average molecular weight is 213 g/mol. The van der Waals surface area contributed by atoms with Gasteiger partial charge in [0.15, 0.2) is 0 Å². The van der Waals surface area contributed by atoms with Crippen LogP contribution < -0.4 is 5.73 Å². The number of carbonyl (C=O) groups is 1. The molecule has 78 valence electrons. The van der Waals surface area contributed by atoms with Crippen LogP contribution in [0.1, 0.15) is 10.4 Å². The van der Waals surface area contributed by atoms with Crippen molar-refractivity contribution in [2.24, 2.45) is 5.73 Å². The third-order valence-electron chi connectivity index (χ3n) is 2.48. The van der Waals surface area contributed by atoms with Gasteiger partial charge in [0.25, 0.3) is 0 Å². The molecule has 16 heavy (non-hydrogen) atoms. The second-order valence-corrected chi connectivity index (χ2v) is 3.38. The van der Waals surface area contributed by atoms with Crippen molar-refractivity contribution in [2.45, 2.75) is 0 Å². The molecule has 0 aliphatic carbocycles. The zero-order valence-electron chi connectivity index (χ0n) is 8.16. The number of fused-ring (bicyclic) bond motifs is 3. The molecule has 0 radical (unpaired) electrons. The molecule has 0 fully saturated rings. The lowest BCUT2D eigenvalue weighted by molar-refractivity contribution is 0.100. The highest BCUT2D eigenvalue weighted by atomic mass is 16.1. The van der Waals surface area contributed by atoms with E-state index in [1.165, 1.54) is 4.63 Å². The molecule has 0 saturated carbocycles. The molecule has 3 rings (SSSR count). The van der Waals surface area contributed by atoms with Gasteiger partial charge in [-0.1, -0.05) is 12.1 Å². The molecular formula is C10H7N5O. The molecule has 0 saturated heterocycles. The highest BCUT2D eigenvalue weighted by Crippen LogP contribution is 2.20. The number of primary amides is 1. The van der Waals surface area contributed by atoms with Crippen LogP contribution in [-0.4, -0.2) is 25.9 Å². The standard InChI is InChI=1S/C10H7N5O/c11-10(16)7-3-1-2-6-8(7)4-13-15-9(6)5-12-14-15/h1-5H,(H2,11,16). The minimum atomic E-state index is -0.468. The number of hydrogen-bond acceptors (Lipinski definition) is 4. The summed E-state index contributed by atoms with van der Waals surface area (Å²) in [6, 6.07) is 5.32.